The number of aliphatic hydroxyl groups is 16. The van der Waals surface area contributed by atoms with Crippen LogP contribution in [0.25, 0.3) is 0 Å². The summed E-state index contributed by atoms with van der Waals surface area (Å²) in [6.45, 7) is -0.839. The van der Waals surface area contributed by atoms with Crippen molar-refractivity contribution in [3.05, 3.63) is 0 Å². The van der Waals surface area contributed by atoms with Crippen LogP contribution in [0.3, 0.4) is 0 Å². The van der Waals surface area contributed by atoms with Gasteiger partial charge in [0.2, 0.25) is 0 Å². The van der Waals surface area contributed by atoms with Crippen molar-refractivity contribution in [2.24, 2.45) is 0 Å². The average molecular weight is 2030 g/mol. The van der Waals surface area contributed by atoms with Gasteiger partial charge in [0.25, 0.3) is 0 Å². The molecular weight excluding hydrogens is 1930 g/mol. The van der Waals surface area contributed by atoms with Crippen LogP contribution in [0.15, 0.2) is 0 Å². The molecule has 0 aliphatic carbocycles. The molecule has 128 heavy (non-hydrogen) atoms. The molecule has 0 aromatic rings. The molecule has 0 aromatic carbocycles. The van der Waals surface area contributed by atoms with Crippen LogP contribution in [0.5, 0.6) is 0 Å². The van der Waals surface area contributed by atoms with Crippen molar-refractivity contribution < 1.29 is 404 Å². The van der Waals surface area contributed by atoms with Crippen LogP contribution in [0.1, 0.15) is 44.9 Å². The van der Waals surface area contributed by atoms with E-state index in [-0.39, 0.29) is 236 Å². The van der Waals surface area contributed by atoms with Gasteiger partial charge in [-0.3, -0.25) is 4.79 Å². The van der Waals surface area contributed by atoms with Crippen LogP contribution >= 0.6 is 82.3 Å². The Kier molecular flexibility index (Phi) is 58.3. The van der Waals surface area contributed by atoms with Crippen molar-refractivity contribution in [3.63, 3.8) is 0 Å². The summed E-state index contributed by atoms with van der Waals surface area (Å²) in [6.07, 6.45) is -85.8. The van der Waals surface area contributed by atoms with Crippen LogP contribution in [0.4, 0.5) is 0 Å². The number of esters is 1. The minimum Gasteiger partial charge on any atom is -0.550 e. The Hall–Kier alpha value is 3.46. The van der Waals surface area contributed by atoms with E-state index >= 15 is 0 Å². The van der Waals surface area contributed by atoms with E-state index in [4.69, 9.17) is 80.5 Å². The molecule has 0 spiro atoms. The Labute approximate surface area is 894 Å². The fourth-order valence-electron chi connectivity index (χ4n) is 14.5. The molecule has 28 aliphatic rings. The Morgan fingerprint density at radius 2 is 0.445 bits per heavy atom. The minimum absolute atomic E-state index is 0. The third kappa shape index (κ3) is 34.3. The summed E-state index contributed by atoms with van der Waals surface area (Å²) >= 11 is 6.05. The second-order valence-corrected chi connectivity index (χ2v) is 37.7. The van der Waals surface area contributed by atoms with E-state index in [9.17, 15) is 146 Å². The third-order valence-electron chi connectivity index (χ3n) is 21.0. The van der Waals surface area contributed by atoms with Crippen LogP contribution in [0.2, 0.25) is 0 Å². The first-order valence-electron chi connectivity index (χ1n) is 38.8. The Balaban J connectivity index is 0.00000572. The largest absolute Gasteiger partial charge is 1.00 e. The molecule has 28 fully saturated rings. The van der Waals surface area contributed by atoms with Crippen molar-refractivity contribution in [3.8, 4) is 0 Å². The number of aliphatic hydroxyl groups excluding tert-OH is 16. The van der Waals surface area contributed by atoms with Gasteiger partial charge in [0.1, 0.15) is 159 Å². The summed E-state index contributed by atoms with van der Waals surface area (Å²) in [6, 6.07) is 0. The smallest absolute Gasteiger partial charge is 0.550 e. The molecule has 28 heterocycles. The van der Waals surface area contributed by atoms with Crippen molar-refractivity contribution in [2.75, 3.05) is 87.1 Å². The zero-order valence-electron chi connectivity index (χ0n) is 70.4. The molecule has 46 nitrogen and oxygen atoms in total. The molecule has 700 valence electrons. The number of aliphatic carboxylic acids is 6. The van der Waals surface area contributed by atoms with E-state index in [1.165, 1.54) is 0 Å². The number of thioether (sulfide) groups is 7. The predicted octanol–water partition coefficient (Wildman–Crippen LogP) is -34.4. The Morgan fingerprint density at radius 3 is 0.656 bits per heavy atom. The number of hydrogen-bond acceptors (Lipinski definition) is 53. The van der Waals surface area contributed by atoms with Gasteiger partial charge in [0.15, 0.2) is 50.3 Å². The Bertz CT molecular complexity index is 3270. The fraction of sp³-hybridized carbons (Fsp3) is 0.899. The van der Waals surface area contributed by atoms with Gasteiger partial charge in [-0.05, 0) is 73.0 Å². The molecule has 28 saturated heterocycles. The third-order valence-corrected chi connectivity index (χ3v) is 28.4. The van der Waals surface area contributed by atoms with Crippen LogP contribution in [0, 0.1) is 0 Å². The van der Waals surface area contributed by atoms with Crippen molar-refractivity contribution in [1.82, 2.24) is 0 Å². The van der Waals surface area contributed by atoms with E-state index in [2.05, 4.69) is 0 Å². The van der Waals surface area contributed by atoms with Crippen molar-refractivity contribution >= 4 is 124 Å². The molecular formula is C69H100Na6O46S7. The molecule has 0 radical (unpaired) electrons. The SMILES string of the molecule is O=C([O-])CCSC[C@H]1O[C@@H]2O[C@H]3[C@H](O)[C@@H](O)[C@@H](O[C@H]4[C@H](O)[C@@H](O)[C@@H](O[C@H]5[C@H](O)[C@@H](O)[C@@H](O[C@H]6[C@H](O)[C@@H](O)[C@@H](O[C@H]7[C@H](O)[C@@H](O)[C@@H](O[C@H]8[C@H](O)[C@@H](O)[C@H]9O[C@H]%10[C@H](O)[C@@H](O)[C@@H](O[C@H]1[C@H](O)[C@H]2O)O[C@@H]%10COC(=O)CCSC[C@H]8O9)O[C@@H]7CSCCC(=O)[O-])O[C@@H]6CSCCC(=O)[O-])O[C@@H]5CSCCC(=O)[O-])O[C@@H]4CSCCC(=O)[O-])O[C@@H]3CSCCC(=O)[O-].[Na+].[Na+].[Na+].[Na+].[Na+].[Na+]. The monoisotopic (exact) mass is 2030 g/mol. The van der Waals surface area contributed by atoms with Gasteiger partial charge in [-0.25, -0.2) is 0 Å². The topological polar surface area (TPSA) is 738 Å². The number of carbonyl (C=O) groups excluding carboxylic acids is 7. The standard InChI is InChI=1S/C69H106O46S7.6Na/c70-31(71)1-8-116-16-24-55-40(85)48(93)64(102-24)110-56-25(17-117-9-2-32(72)73)103-65(49(94)41(56)86)111-57-26(18-118-10-3-33(74)75)104-66(50(95)42(57)87)112-58-27(19-119-11-4-34(76)77)105-67(51(96)43(58)88)113-59-28(20-120-12-5-35(78)79)106-68(52(97)44(59)89)114-60-29(21-121-13-6-36(80)81)107-69(53(98)45(60)90)115-61-30-22-122-14-7-37(82)99-15-23-54(38(83)46(91)62(100-23)109-55)108-63(101-30)47(92)39(61)84;;;;;;/h23-30,38-69,83-98H,1-22H2,(H,70,71)(H,72,73)(H,74,75)(H,76,77)(H,78,79)(H,80,81);;;;;;/q;6*+1/p-6/t23-,24-,25-,26-,27-,28-,29-,30-,38-,39-,40-,41-,42-,43-,44-,45-,46-,47-,48-,49-,50-,51-,52-,53-,54-,55-,56-,57-,58-,59-,60-,61-,62-,63-,64-,65-,66-,67-,68-,69-;;;;;;/m1....../s1. The van der Waals surface area contributed by atoms with Gasteiger partial charge in [-0.2, -0.15) is 82.3 Å². The summed E-state index contributed by atoms with van der Waals surface area (Å²) in [5.74, 6) is -13.9. The van der Waals surface area contributed by atoms with E-state index in [1.54, 1.807) is 0 Å². The van der Waals surface area contributed by atoms with E-state index in [1.807, 2.05) is 0 Å². The van der Waals surface area contributed by atoms with E-state index in [0.29, 0.717) is 0 Å². The van der Waals surface area contributed by atoms with Gasteiger partial charge in [-0.15, -0.1) is 0 Å². The van der Waals surface area contributed by atoms with Crippen LogP contribution in [-0.4, -0.2) is 456 Å². The first-order valence-corrected chi connectivity index (χ1v) is 46.9. The predicted molar refractivity (Wildman–Crippen MR) is 399 cm³/mol. The van der Waals surface area contributed by atoms with Crippen molar-refractivity contribution in [2.45, 2.75) is 291 Å². The Morgan fingerprint density at radius 1 is 0.266 bits per heavy atom. The molecule has 16 N–H and O–H groups in total. The normalized spacial score (nSPS) is 41.8. The van der Waals surface area contributed by atoms with Crippen LogP contribution < -0.4 is 208 Å². The zero-order chi connectivity index (χ0) is 88.7. The second-order valence-electron chi connectivity index (χ2n) is 29.7. The summed E-state index contributed by atoms with van der Waals surface area (Å²) in [5.41, 5.74) is 0. The summed E-state index contributed by atoms with van der Waals surface area (Å²) in [7, 11) is 0. The zero-order valence-corrected chi connectivity index (χ0v) is 88.1. The van der Waals surface area contributed by atoms with Gasteiger partial charge in [-0.1, -0.05) is 0 Å². The molecule has 0 saturated carbocycles. The number of hydrogen-bond donors (Lipinski definition) is 16. The molecule has 0 unspecified atom stereocenters. The maximum Gasteiger partial charge on any atom is 1.00 e. The number of rotatable bonds is 30. The number of ether oxygens (including phenoxy) is 17. The molecule has 0 aromatic heterocycles. The summed E-state index contributed by atoms with van der Waals surface area (Å²) in [4.78, 5) is 83.3. The first-order chi connectivity index (χ1) is 58.0. The molecule has 28 aliphatic heterocycles. The molecule has 18 bridgehead atoms. The summed E-state index contributed by atoms with van der Waals surface area (Å²) < 4.78 is 105. The van der Waals surface area contributed by atoms with E-state index in [0.717, 1.165) is 82.3 Å². The maximum absolute atomic E-state index is 13.5. The van der Waals surface area contributed by atoms with Crippen LogP contribution in [-0.2, 0) is 114 Å². The fourth-order valence-corrected chi connectivity index (χ4v) is 21.4. The van der Waals surface area contributed by atoms with Crippen molar-refractivity contribution in [1.29, 1.82) is 0 Å². The maximum atomic E-state index is 13.5. The molecule has 28 rings (SSSR count). The number of carboxylic acids is 6. The van der Waals surface area contributed by atoms with E-state index < -0.39 is 361 Å². The van der Waals surface area contributed by atoms with Gasteiger partial charge in [0, 0.05) is 81.8 Å². The van der Waals surface area contributed by atoms with Gasteiger partial charge in [0.05, 0.1) is 49.1 Å². The number of carboxylic acid groups (broad SMARTS) is 6. The van der Waals surface area contributed by atoms with Gasteiger partial charge >= 0.3 is 183 Å². The molecule has 0 amide bonds. The number of carbonyl (C=O) groups is 7. The second kappa shape index (κ2) is 60.3. The summed E-state index contributed by atoms with van der Waals surface area (Å²) in [5, 5.41) is 264. The minimum atomic E-state index is -2.34. The molecule has 59 heteroatoms. The first kappa shape index (κ1) is 124. The quantitative estimate of drug-likeness (QED) is 0.0180. The average Bonchev–Trinajstić information content (AvgIpc) is 1.03. The molecule has 40 atom stereocenters. The van der Waals surface area contributed by atoms with Gasteiger partial charge < -0.3 is 222 Å². The number of cyclic esters (lactones) is 1.